The van der Waals surface area contributed by atoms with Crippen LogP contribution in [0, 0.1) is 0 Å². The van der Waals surface area contributed by atoms with E-state index in [0.717, 1.165) is 28.7 Å². The van der Waals surface area contributed by atoms with E-state index in [1.807, 2.05) is 7.05 Å². The molecule has 0 bridgehead atoms. The molecular weight excluding hydrogens is 444 g/mol. The van der Waals surface area contributed by atoms with Gasteiger partial charge in [0.1, 0.15) is 5.82 Å². The van der Waals surface area contributed by atoms with Gasteiger partial charge in [0.15, 0.2) is 10.2 Å². The lowest BCUT2D eigenvalue weighted by atomic mass is 9.90. The number of aromatic nitrogens is 1. The summed E-state index contributed by atoms with van der Waals surface area (Å²) in [6.07, 6.45) is 7.47. The van der Waals surface area contributed by atoms with Gasteiger partial charge < -0.3 is 14.5 Å². The van der Waals surface area contributed by atoms with E-state index in [4.69, 9.17) is 9.72 Å². The molecule has 8 heteroatoms. The van der Waals surface area contributed by atoms with Crippen molar-refractivity contribution in [1.82, 2.24) is 9.88 Å². The minimum Gasteiger partial charge on any atom is -0.374 e. The molecule has 126 valence electrons. The predicted molar refractivity (Wildman–Crippen MR) is 101 cm³/mol. The monoisotopic (exact) mass is 462 g/mol. The van der Waals surface area contributed by atoms with E-state index in [0.29, 0.717) is 12.1 Å². The van der Waals surface area contributed by atoms with E-state index in [2.05, 4.69) is 58.1 Å². The first kappa shape index (κ1) is 16.2. The highest BCUT2D eigenvalue weighted by atomic mass is 79.9. The fourth-order valence-electron chi connectivity index (χ4n) is 3.57. The zero-order chi connectivity index (χ0) is 16.0. The molecule has 3 aliphatic rings. The molecule has 0 radical (unpaired) electrons. The van der Waals surface area contributed by atoms with Crippen molar-refractivity contribution in [3.63, 3.8) is 0 Å². The lowest BCUT2D eigenvalue weighted by Crippen LogP contribution is -2.52. The van der Waals surface area contributed by atoms with Gasteiger partial charge in [0.2, 0.25) is 0 Å². The summed E-state index contributed by atoms with van der Waals surface area (Å²) in [6, 6.07) is 0.500. The number of halogens is 2. The quantitative estimate of drug-likeness (QED) is 0.490. The highest BCUT2D eigenvalue weighted by Crippen LogP contribution is 2.38. The van der Waals surface area contributed by atoms with Gasteiger partial charge in [0, 0.05) is 25.2 Å². The Labute approximate surface area is 157 Å². The number of hydrogen-bond donors (Lipinski definition) is 0. The smallest absolute Gasteiger partial charge is 0.187 e. The van der Waals surface area contributed by atoms with Crippen LogP contribution in [0.5, 0.6) is 0 Å². The van der Waals surface area contributed by atoms with Gasteiger partial charge >= 0.3 is 0 Å². The SMILES string of the molecule is CN1C(Br)=CN(c2csc(N3CCOC4CCCCC43)n2)C1Br. The third kappa shape index (κ3) is 2.92. The first-order chi connectivity index (χ1) is 11.1. The Bertz CT molecular complexity index is 608. The van der Waals surface area contributed by atoms with Crippen LogP contribution in [0.25, 0.3) is 0 Å². The van der Waals surface area contributed by atoms with E-state index < -0.39 is 0 Å². The molecule has 0 aromatic carbocycles. The summed E-state index contributed by atoms with van der Waals surface area (Å²) in [6.45, 7) is 1.76. The maximum absolute atomic E-state index is 5.98. The van der Waals surface area contributed by atoms with Crippen molar-refractivity contribution >= 4 is 54.1 Å². The molecule has 23 heavy (non-hydrogen) atoms. The van der Waals surface area contributed by atoms with E-state index in [9.17, 15) is 0 Å². The second-order valence-corrected chi connectivity index (χ2v) is 8.69. The Morgan fingerprint density at radius 3 is 2.96 bits per heavy atom. The van der Waals surface area contributed by atoms with Crippen LogP contribution in [0.15, 0.2) is 16.2 Å². The molecule has 4 rings (SSSR count). The van der Waals surface area contributed by atoms with Crippen LogP contribution in [-0.4, -0.2) is 47.3 Å². The largest absolute Gasteiger partial charge is 0.374 e. The maximum Gasteiger partial charge on any atom is 0.187 e. The lowest BCUT2D eigenvalue weighted by molar-refractivity contribution is -0.00868. The molecule has 5 nitrogen and oxygen atoms in total. The number of rotatable bonds is 2. The highest BCUT2D eigenvalue weighted by Gasteiger charge is 2.36. The number of nitrogens with zero attached hydrogens (tertiary/aromatic N) is 4. The van der Waals surface area contributed by atoms with Crippen molar-refractivity contribution in [2.24, 2.45) is 0 Å². The van der Waals surface area contributed by atoms with Crippen molar-refractivity contribution in [2.75, 3.05) is 30.0 Å². The van der Waals surface area contributed by atoms with Gasteiger partial charge in [-0.05, 0) is 44.7 Å². The summed E-state index contributed by atoms with van der Waals surface area (Å²) in [4.78, 5) is 11.7. The topological polar surface area (TPSA) is 31.8 Å². The minimum absolute atomic E-state index is 0.0962. The summed E-state index contributed by atoms with van der Waals surface area (Å²) >= 11 is 9.02. The first-order valence-electron chi connectivity index (χ1n) is 8.01. The molecule has 0 amide bonds. The van der Waals surface area contributed by atoms with Crippen LogP contribution in [0.2, 0.25) is 0 Å². The third-order valence-corrected chi connectivity index (χ3v) is 7.54. The van der Waals surface area contributed by atoms with Gasteiger partial charge in [0.05, 0.1) is 23.4 Å². The lowest BCUT2D eigenvalue weighted by Gasteiger charge is -2.43. The third-order valence-electron chi connectivity index (χ3n) is 4.85. The summed E-state index contributed by atoms with van der Waals surface area (Å²) < 4.78 is 7.03. The average Bonchev–Trinajstić information content (AvgIpc) is 3.15. The van der Waals surface area contributed by atoms with Crippen molar-refractivity contribution in [3.05, 3.63) is 16.2 Å². The molecule has 2 aliphatic heterocycles. The van der Waals surface area contributed by atoms with Crippen LogP contribution in [0.4, 0.5) is 10.9 Å². The summed E-state index contributed by atoms with van der Waals surface area (Å²) in [5.41, 5.74) is 0. The summed E-state index contributed by atoms with van der Waals surface area (Å²) in [5.74, 6) is 0.993. The molecule has 1 saturated heterocycles. The molecule has 0 N–H and O–H groups in total. The molecule has 3 unspecified atom stereocenters. The van der Waals surface area contributed by atoms with Crippen molar-refractivity contribution < 1.29 is 4.74 Å². The summed E-state index contributed by atoms with van der Waals surface area (Å²) in [7, 11) is 2.04. The number of morpholine rings is 1. The Balaban J connectivity index is 1.56. The highest BCUT2D eigenvalue weighted by molar-refractivity contribution is 9.12. The Morgan fingerprint density at radius 2 is 2.17 bits per heavy atom. The van der Waals surface area contributed by atoms with Gasteiger partial charge in [-0.2, -0.15) is 0 Å². The minimum atomic E-state index is 0.0962. The second kappa shape index (κ2) is 6.54. The first-order valence-corrected chi connectivity index (χ1v) is 10.6. The van der Waals surface area contributed by atoms with Crippen LogP contribution in [0.1, 0.15) is 25.7 Å². The molecule has 3 atom stereocenters. The molecule has 1 aliphatic carbocycles. The second-order valence-electron chi connectivity index (χ2n) is 6.22. The number of fused-ring (bicyclic) bond motifs is 1. The molecule has 0 spiro atoms. The molecule has 3 heterocycles. The van der Waals surface area contributed by atoms with Crippen molar-refractivity contribution in [2.45, 2.75) is 42.9 Å². The van der Waals surface area contributed by atoms with Crippen molar-refractivity contribution in [1.29, 1.82) is 0 Å². The van der Waals surface area contributed by atoms with Gasteiger partial charge in [-0.15, -0.1) is 11.3 Å². The summed E-state index contributed by atoms with van der Waals surface area (Å²) in [5, 5.41) is 3.37. The van der Waals surface area contributed by atoms with Gasteiger partial charge in [-0.1, -0.05) is 12.8 Å². The van der Waals surface area contributed by atoms with Gasteiger partial charge in [0.25, 0.3) is 0 Å². The molecule has 1 aromatic heterocycles. The number of ether oxygens (including phenoxy) is 1. The number of thiazole rings is 1. The Kier molecular flexibility index (Phi) is 4.60. The van der Waals surface area contributed by atoms with Gasteiger partial charge in [-0.3, -0.25) is 4.90 Å². The standard InChI is InChI=1S/C15H20Br2N4OS/c1-19-12(16)8-21(14(19)17)13-9-23-15(18-13)20-6-7-22-11-5-3-2-4-10(11)20/h8-11,14H,2-7H2,1H3. The number of hydrogen-bond acceptors (Lipinski definition) is 6. The van der Waals surface area contributed by atoms with Crippen LogP contribution < -0.4 is 9.80 Å². The van der Waals surface area contributed by atoms with Crippen LogP contribution >= 0.6 is 43.2 Å². The molecule has 2 fully saturated rings. The van der Waals surface area contributed by atoms with E-state index >= 15 is 0 Å². The van der Waals surface area contributed by atoms with Crippen LogP contribution in [-0.2, 0) is 4.74 Å². The Hall–Kier alpha value is -0.310. The van der Waals surface area contributed by atoms with E-state index in [1.165, 1.54) is 25.7 Å². The average molecular weight is 464 g/mol. The zero-order valence-electron chi connectivity index (χ0n) is 13.0. The Morgan fingerprint density at radius 1 is 1.35 bits per heavy atom. The fraction of sp³-hybridized carbons (Fsp3) is 0.667. The maximum atomic E-state index is 5.98. The van der Waals surface area contributed by atoms with Crippen molar-refractivity contribution in [3.8, 4) is 0 Å². The number of alkyl halides is 1. The zero-order valence-corrected chi connectivity index (χ0v) is 17.0. The predicted octanol–water partition coefficient (Wildman–Crippen LogP) is 3.92. The van der Waals surface area contributed by atoms with E-state index in [1.54, 1.807) is 11.3 Å². The van der Waals surface area contributed by atoms with Crippen LogP contribution in [0.3, 0.4) is 0 Å². The normalized spacial score (nSPS) is 31.3. The van der Waals surface area contributed by atoms with E-state index in [-0.39, 0.29) is 5.08 Å². The number of anilines is 2. The fourth-order valence-corrected chi connectivity index (χ4v) is 5.70. The van der Waals surface area contributed by atoms with Gasteiger partial charge in [-0.25, -0.2) is 4.98 Å². The molecule has 1 aromatic rings. The molecular formula is C15H20Br2N4OS. The molecule has 1 saturated carbocycles.